The van der Waals surface area contributed by atoms with Crippen molar-refractivity contribution < 1.29 is 19.0 Å². The van der Waals surface area contributed by atoms with Crippen molar-refractivity contribution in [1.82, 2.24) is 0 Å². The molecule has 94 valence electrons. The molecule has 0 heterocycles. The minimum atomic E-state index is -0.325. The fraction of sp³-hybridized carbons (Fsp3) is 0.462. The van der Waals surface area contributed by atoms with Crippen LogP contribution in [0.25, 0.3) is 0 Å². The lowest BCUT2D eigenvalue weighted by molar-refractivity contribution is -0.137. The highest BCUT2D eigenvalue weighted by Crippen LogP contribution is 2.25. The number of carbonyl (C=O) groups excluding carboxylic acids is 1. The lowest BCUT2D eigenvalue weighted by Crippen LogP contribution is -2.03. The lowest BCUT2D eigenvalue weighted by atomic mass is 10.0. The first-order valence-electron chi connectivity index (χ1n) is 5.57. The summed E-state index contributed by atoms with van der Waals surface area (Å²) in [7, 11) is 3.23. The molecule has 0 aliphatic heterocycles. The molecule has 0 N–H and O–H groups in total. The van der Waals surface area contributed by atoms with Crippen molar-refractivity contribution in [2.24, 2.45) is 0 Å². The summed E-state index contributed by atoms with van der Waals surface area (Å²) in [6.07, 6.45) is 6.66. The van der Waals surface area contributed by atoms with Gasteiger partial charge in [-0.2, -0.15) is 0 Å². The SMILES string of the molecule is CCOC(=O)/C=C/C1=CC(OC)=C(OC)CC1. The van der Waals surface area contributed by atoms with E-state index in [4.69, 9.17) is 14.2 Å². The van der Waals surface area contributed by atoms with Crippen molar-refractivity contribution in [2.45, 2.75) is 19.8 Å². The molecule has 0 bridgehead atoms. The predicted molar refractivity (Wildman–Crippen MR) is 64.1 cm³/mol. The topological polar surface area (TPSA) is 44.8 Å². The summed E-state index contributed by atoms with van der Waals surface area (Å²) in [5.74, 6) is 1.22. The maximum absolute atomic E-state index is 11.2. The van der Waals surface area contributed by atoms with Crippen molar-refractivity contribution in [3.05, 3.63) is 35.3 Å². The first-order chi connectivity index (χ1) is 8.21. The molecule has 0 saturated carbocycles. The zero-order valence-corrected chi connectivity index (χ0v) is 10.5. The molecule has 0 radical (unpaired) electrons. The summed E-state index contributed by atoms with van der Waals surface area (Å²) in [6, 6.07) is 0. The zero-order valence-electron chi connectivity index (χ0n) is 10.5. The van der Waals surface area contributed by atoms with Gasteiger partial charge >= 0.3 is 5.97 Å². The molecule has 0 spiro atoms. The number of methoxy groups -OCH3 is 2. The van der Waals surface area contributed by atoms with E-state index in [9.17, 15) is 4.79 Å². The maximum atomic E-state index is 11.2. The second kappa shape index (κ2) is 6.78. The second-order valence-corrected chi connectivity index (χ2v) is 3.50. The Balaban J connectivity index is 2.71. The van der Waals surface area contributed by atoms with Crippen LogP contribution in [-0.4, -0.2) is 26.8 Å². The number of ether oxygens (including phenoxy) is 3. The van der Waals surface area contributed by atoms with Gasteiger partial charge in [-0.3, -0.25) is 0 Å². The molecular weight excluding hydrogens is 220 g/mol. The molecule has 1 rings (SSSR count). The summed E-state index contributed by atoms with van der Waals surface area (Å²) >= 11 is 0. The molecular formula is C13H18O4. The Morgan fingerprint density at radius 1 is 1.35 bits per heavy atom. The van der Waals surface area contributed by atoms with Gasteiger partial charge in [0, 0.05) is 12.5 Å². The summed E-state index contributed by atoms with van der Waals surface area (Å²) in [5.41, 5.74) is 1.02. The number of rotatable bonds is 5. The smallest absolute Gasteiger partial charge is 0.330 e. The molecule has 4 nitrogen and oxygen atoms in total. The zero-order chi connectivity index (χ0) is 12.7. The Bertz CT molecular complexity index is 364. The Morgan fingerprint density at radius 2 is 2.12 bits per heavy atom. The molecule has 0 aromatic heterocycles. The van der Waals surface area contributed by atoms with Gasteiger partial charge < -0.3 is 14.2 Å². The molecule has 0 atom stereocenters. The lowest BCUT2D eigenvalue weighted by Gasteiger charge is -2.16. The number of hydrogen-bond donors (Lipinski definition) is 0. The van der Waals surface area contributed by atoms with Crippen LogP contribution in [0.15, 0.2) is 35.3 Å². The molecule has 1 aliphatic carbocycles. The van der Waals surface area contributed by atoms with E-state index in [0.29, 0.717) is 12.4 Å². The third kappa shape index (κ3) is 3.98. The fourth-order valence-corrected chi connectivity index (χ4v) is 1.57. The third-order valence-electron chi connectivity index (χ3n) is 2.42. The highest BCUT2D eigenvalue weighted by atomic mass is 16.5. The fourth-order valence-electron chi connectivity index (χ4n) is 1.57. The summed E-state index contributed by atoms with van der Waals surface area (Å²) < 4.78 is 15.2. The van der Waals surface area contributed by atoms with Crippen LogP contribution in [0.2, 0.25) is 0 Å². The van der Waals surface area contributed by atoms with Crippen LogP contribution in [0.1, 0.15) is 19.8 Å². The van der Waals surface area contributed by atoms with Crippen LogP contribution in [0.5, 0.6) is 0 Å². The van der Waals surface area contributed by atoms with Crippen molar-refractivity contribution in [3.63, 3.8) is 0 Å². The quantitative estimate of drug-likeness (QED) is 0.544. The number of hydrogen-bond acceptors (Lipinski definition) is 4. The molecule has 0 aromatic rings. The summed E-state index contributed by atoms with van der Waals surface area (Å²) in [6.45, 7) is 2.17. The first kappa shape index (κ1) is 13.4. The van der Waals surface area contributed by atoms with Crippen molar-refractivity contribution in [2.75, 3.05) is 20.8 Å². The first-order valence-corrected chi connectivity index (χ1v) is 5.57. The Labute approximate surface area is 102 Å². The molecule has 1 aliphatic rings. The largest absolute Gasteiger partial charge is 0.497 e. The standard InChI is InChI=1S/C13H18O4/c1-4-17-13(14)8-6-10-5-7-11(15-2)12(9-10)16-3/h6,8-9H,4-5,7H2,1-3H3/b8-6+. The van der Waals surface area contributed by atoms with E-state index in [1.54, 1.807) is 27.2 Å². The van der Waals surface area contributed by atoms with Gasteiger partial charge in [0.2, 0.25) is 0 Å². The van der Waals surface area contributed by atoms with Gasteiger partial charge in [-0.25, -0.2) is 4.79 Å². The minimum Gasteiger partial charge on any atom is -0.497 e. The van der Waals surface area contributed by atoms with E-state index in [0.717, 1.165) is 24.2 Å². The van der Waals surface area contributed by atoms with Crippen LogP contribution in [0.4, 0.5) is 0 Å². The van der Waals surface area contributed by atoms with E-state index < -0.39 is 0 Å². The van der Waals surface area contributed by atoms with E-state index in [1.165, 1.54) is 6.08 Å². The minimum absolute atomic E-state index is 0.325. The Morgan fingerprint density at radius 3 is 2.71 bits per heavy atom. The Hall–Kier alpha value is -1.71. The summed E-state index contributed by atoms with van der Waals surface area (Å²) in [4.78, 5) is 11.2. The second-order valence-electron chi connectivity index (χ2n) is 3.50. The van der Waals surface area contributed by atoms with Crippen LogP contribution in [0.3, 0.4) is 0 Å². The monoisotopic (exact) mass is 238 g/mol. The van der Waals surface area contributed by atoms with Gasteiger partial charge in [0.15, 0.2) is 5.76 Å². The van der Waals surface area contributed by atoms with E-state index in [2.05, 4.69) is 0 Å². The van der Waals surface area contributed by atoms with Crippen LogP contribution in [0, 0.1) is 0 Å². The highest BCUT2D eigenvalue weighted by molar-refractivity contribution is 5.82. The maximum Gasteiger partial charge on any atom is 0.330 e. The molecule has 4 heteroatoms. The third-order valence-corrected chi connectivity index (χ3v) is 2.42. The van der Waals surface area contributed by atoms with Gasteiger partial charge in [-0.1, -0.05) is 6.08 Å². The van der Waals surface area contributed by atoms with E-state index in [1.807, 2.05) is 6.08 Å². The molecule has 0 unspecified atom stereocenters. The average Bonchev–Trinajstić information content (AvgIpc) is 2.36. The van der Waals surface area contributed by atoms with Gasteiger partial charge in [0.25, 0.3) is 0 Å². The molecule has 0 fully saturated rings. The molecule has 0 amide bonds. The van der Waals surface area contributed by atoms with Gasteiger partial charge in [0.05, 0.1) is 20.8 Å². The number of allylic oxidation sites excluding steroid dienone is 4. The van der Waals surface area contributed by atoms with Gasteiger partial charge in [-0.05, 0) is 25.0 Å². The average molecular weight is 238 g/mol. The molecule has 17 heavy (non-hydrogen) atoms. The number of carbonyl (C=O) groups is 1. The van der Waals surface area contributed by atoms with Gasteiger partial charge in [-0.15, -0.1) is 0 Å². The predicted octanol–water partition coefficient (Wildman–Crippen LogP) is 2.33. The van der Waals surface area contributed by atoms with Crippen LogP contribution in [-0.2, 0) is 19.0 Å². The van der Waals surface area contributed by atoms with Crippen molar-refractivity contribution in [3.8, 4) is 0 Å². The molecule has 0 aromatic carbocycles. The number of esters is 1. The van der Waals surface area contributed by atoms with E-state index >= 15 is 0 Å². The Kier molecular flexibility index (Phi) is 5.33. The van der Waals surface area contributed by atoms with Crippen LogP contribution < -0.4 is 0 Å². The highest BCUT2D eigenvalue weighted by Gasteiger charge is 2.13. The van der Waals surface area contributed by atoms with Crippen molar-refractivity contribution >= 4 is 5.97 Å². The van der Waals surface area contributed by atoms with E-state index in [-0.39, 0.29) is 5.97 Å². The van der Waals surface area contributed by atoms with Crippen molar-refractivity contribution in [1.29, 1.82) is 0 Å². The molecule has 0 saturated heterocycles. The van der Waals surface area contributed by atoms with Crippen LogP contribution >= 0.6 is 0 Å². The normalized spacial score (nSPS) is 15.8. The summed E-state index contributed by atoms with van der Waals surface area (Å²) in [5, 5.41) is 0. The van der Waals surface area contributed by atoms with Gasteiger partial charge in [0.1, 0.15) is 5.76 Å².